The van der Waals surface area contributed by atoms with Crippen molar-refractivity contribution < 1.29 is 0 Å². The molecule has 0 radical (unpaired) electrons. The lowest BCUT2D eigenvalue weighted by atomic mass is 9.76. The number of pyridine rings is 1. The van der Waals surface area contributed by atoms with Crippen LogP contribution in [0.25, 0.3) is 0 Å². The van der Waals surface area contributed by atoms with E-state index >= 15 is 0 Å². The van der Waals surface area contributed by atoms with E-state index in [2.05, 4.69) is 36.7 Å². The first-order chi connectivity index (χ1) is 8.05. The summed E-state index contributed by atoms with van der Waals surface area (Å²) in [6.45, 7) is 10.6. The lowest BCUT2D eigenvalue weighted by Crippen LogP contribution is -2.40. The molecule has 94 valence electrons. The lowest BCUT2D eigenvalue weighted by Gasteiger charge is -2.39. The quantitative estimate of drug-likeness (QED) is 0.777. The SMILES string of the molecule is CC(C)(C)C1CCCN(Cc2cccnc2)C1. The molecule has 0 aromatic carbocycles. The van der Waals surface area contributed by atoms with Gasteiger partial charge in [-0.2, -0.15) is 0 Å². The highest BCUT2D eigenvalue weighted by atomic mass is 15.1. The number of aromatic nitrogens is 1. The third-order valence-electron chi connectivity index (χ3n) is 3.86. The molecule has 2 heteroatoms. The van der Waals surface area contributed by atoms with Crippen LogP contribution in [0, 0.1) is 11.3 Å². The number of likely N-dealkylation sites (tertiary alicyclic amines) is 1. The average Bonchev–Trinajstić information content (AvgIpc) is 2.29. The van der Waals surface area contributed by atoms with Gasteiger partial charge in [0.25, 0.3) is 0 Å². The molecule has 0 bridgehead atoms. The molecule has 0 saturated carbocycles. The van der Waals surface area contributed by atoms with E-state index in [1.165, 1.54) is 31.5 Å². The fourth-order valence-electron chi connectivity index (χ4n) is 2.66. The Morgan fingerprint density at radius 3 is 2.88 bits per heavy atom. The Hall–Kier alpha value is -0.890. The van der Waals surface area contributed by atoms with E-state index in [0.29, 0.717) is 5.41 Å². The number of piperidine rings is 1. The second kappa shape index (κ2) is 5.18. The van der Waals surface area contributed by atoms with Gasteiger partial charge < -0.3 is 0 Å². The minimum atomic E-state index is 0.438. The maximum Gasteiger partial charge on any atom is 0.0312 e. The predicted octanol–water partition coefficient (Wildman–Crippen LogP) is 3.34. The normalized spacial score (nSPS) is 22.6. The van der Waals surface area contributed by atoms with Crippen molar-refractivity contribution in [3.05, 3.63) is 30.1 Å². The van der Waals surface area contributed by atoms with E-state index in [9.17, 15) is 0 Å². The van der Waals surface area contributed by atoms with E-state index in [1.54, 1.807) is 0 Å². The Bertz CT molecular complexity index is 340. The molecule has 0 amide bonds. The van der Waals surface area contributed by atoms with Crippen LogP contribution in [0.1, 0.15) is 39.2 Å². The molecule has 1 aliphatic heterocycles. The summed E-state index contributed by atoms with van der Waals surface area (Å²) in [6, 6.07) is 4.20. The lowest BCUT2D eigenvalue weighted by molar-refractivity contribution is 0.0943. The minimum absolute atomic E-state index is 0.438. The van der Waals surface area contributed by atoms with E-state index in [1.807, 2.05) is 18.5 Å². The molecule has 1 aromatic rings. The molecule has 1 unspecified atom stereocenters. The molecule has 0 aliphatic carbocycles. The maximum absolute atomic E-state index is 4.19. The largest absolute Gasteiger partial charge is 0.299 e. The Balaban J connectivity index is 1.94. The van der Waals surface area contributed by atoms with Gasteiger partial charge in [0.15, 0.2) is 0 Å². The van der Waals surface area contributed by atoms with Crippen molar-refractivity contribution in [3.8, 4) is 0 Å². The topological polar surface area (TPSA) is 16.1 Å². The van der Waals surface area contributed by atoms with Gasteiger partial charge >= 0.3 is 0 Å². The maximum atomic E-state index is 4.19. The van der Waals surface area contributed by atoms with Crippen molar-refractivity contribution >= 4 is 0 Å². The van der Waals surface area contributed by atoms with Crippen LogP contribution in [0.4, 0.5) is 0 Å². The zero-order valence-corrected chi connectivity index (χ0v) is 11.3. The van der Waals surface area contributed by atoms with Crippen molar-refractivity contribution in [2.75, 3.05) is 13.1 Å². The van der Waals surface area contributed by atoms with Crippen molar-refractivity contribution in [3.63, 3.8) is 0 Å². The summed E-state index contributed by atoms with van der Waals surface area (Å²) in [5, 5.41) is 0. The first kappa shape index (κ1) is 12.6. The van der Waals surface area contributed by atoms with Crippen molar-refractivity contribution in [2.24, 2.45) is 11.3 Å². The number of nitrogens with zero attached hydrogens (tertiary/aromatic N) is 2. The van der Waals surface area contributed by atoms with Crippen LogP contribution in [-0.4, -0.2) is 23.0 Å². The molecule has 1 atom stereocenters. The van der Waals surface area contributed by atoms with E-state index in [-0.39, 0.29) is 0 Å². The molecule has 2 rings (SSSR count). The summed E-state index contributed by atoms with van der Waals surface area (Å²) >= 11 is 0. The van der Waals surface area contributed by atoms with E-state index in [4.69, 9.17) is 0 Å². The van der Waals surface area contributed by atoms with Gasteiger partial charge in [0.2, 0.25) is 0 Å². The van der Waals surface area contributed by atoms with Crippen LogP contribution in [0.2, 0.25) is 0 Å². The van der Waals surface area contributed by atoms with Crippen molar-refractivity contribution in [1.82, 2.24) is 9.88 Å². The van der Waals surface area contributed by atoms with E-state index in [0.717, 1.165) is 12.5 Å². The van der Waals surface area contributed by atoms with Crippen LogP contribution in [-0.2, 0) is 6.54 Å². The Kier molecular flexibility index (Phi) is 3.82. The Morgan fingerprint density at radius 2 is 2.24 bits per heavy atom. The first-order valence-electron chi connectivity index (χ1n) is 6.67. The molecule has 17 heavy (non-hydrogen) atoms. The summed E-state index contributed by atoms with van der Waals surface area (Å²) in [7, 11) is 0. The molecule has 0 N–H and O–H groups in total. The van der Waals surface area contributed by atoms with Crippen LogP contribution in [0.5, 0.6) is 0 Å². The highest BCUT2D eigenvalue weighted by Gasteiger charge is 2.29. The van der Waals surface area contributed by atoms with Gasteiger partial charge in [0, 0.05) is 25.5 Å². The molecular weight excluding hydrogens is 208 g/mol. The summed E-state index contributed by atoms with van der Waals surface area (Å²) in [5.41, 5.74) is 1.77. The second-order valence-corrected chi connectivity index (χ2v) is 6.30. The van der Waals surface area contributed by atoms with Crippen LogP contribution < -0.4 is 0 Å². The average molecular weight is 232 g/mol. The van der Waals surface area contributed by atoms with Crippen LogP contribution in [0.15, 0.2) is 24.5 Å². The van der Waals surface area contributed by atoms with Crippen LogP contribution in [0.3, 0.4) is 0 Å². The standard InChI is InChI=1S/C15H24N2/c1-15(2,3)14-7-5-9-17(12-14)11-13-6-4-8-16-10-13/h4,6,8,10,14H,5,7,9,11-12H2,1-3H3. The molecular formula is C15H24N2. The highest BCUT2D eigenvalue weighted by Crippen LogP contribution is 2.33. The first-order valence-corrected chi connectivity index (χ1v) is 6.67. The summed E-state index contributed by atoms with van der Waals surface area (Å²) in [6.07, 6.45) is 6.55. The number of hydrogen-bond donors (Lipinski definition) is 0. The smallest absolute Gasteiger partial charge is 0.0312 e. The molecule has 1 fully saturated rings. The van der Waals surface area contributed by atoms with Gasteiger partial charge in [-0.15, -0.1) is 0 Å². The van der Waals surface area contributed by atoms with Crippen molar-refractivity contribution in [1.29, 1.82) is 0 Å². The van der Waals surface area contributed by atoms with Gasteiger partial charge in [-0.3, -0.25) is 9.88 Å². The Labute approximate surface area is 105 Å². The van der Waals surface area contributed by atoms with Gasteiger partial charge in [0.1, 0.15) is 0 Å². The molecule has 2 nitrogen and oxygen atoms in total. The van der Waals surface area contributed by atoms with Gasteiger partial charge in [-0.05, 0) is 42.3 Å². The monoisotopic (exact) mass is 232 g/mol. The minimum Gasteiger partial charge on any atom is -0.299 e. The number of hydrogen-bond acceptors (Lipinski definition) is 2. The zero-order chi connectivity index (χ0) is 12.3. The molecule has 0 spiro atoms. The summed E-state index contributed by atoms with van der Waals surface area (Å²) in [4.78, 5) is 6.77. The molecule has 2 heterocycles. The zero-order valence-electron chi connectivity index (χ0n) is 11.3. The number of rotatable bonds is 2. The molecule has 1 aromatic heterocycles. The fraction of sp³-hybridized carbons (Fsp3) is 0.667. The molecule has 1 saturated heterocycles. The third kappa shape index (κ3) is 3.53. The van der Waals surface area contributed by atoms with E-state index < -0.39 is 0 Å². The highest BCUT2D eigenvalue weighted by molar-refractivity contribution is 5.08. The van der Waals surface area contributed by atoms with Gasteiger partial charge in [0.05, 0.1) is 0 Å². The third-order valence-corrected chi connectivity index (χ3v) is 3.86. The second-order valence-electron chi connectivity index (χ2n) is 6.30. The van der Waals surface area contributed by atoms with Gasteiger partial charge in [-0.1, -0.05) is 26.8 Å². The van der Waals surface area contributed by atoms with Crippen LogP contribution >= 0.6 is 0 Å². The molecule has 1 aliphatic rings. The van der Waals surface area contributed by atoms with Gasteiger partial charge in [-0.25, -0.2) is 0 Å². The summed E-state index contributed by atoms with van der Waals surface area (Å²) < 4.78 is 0. The summed E-state index contributed by atoms with van der Waals surface area (Å²) in [5.74, 6) is 0.827. The predicted molar refractivity (Wildman–Crippen MR) is 71.7 cm³/mol. The Morgan fingerprint density at radius 1 is 1.41 bits per heavy atom. The van der Waals surface area contributed by atoms with Crippen molar-refractivity contribution in [2.45, 2.75) is 40.2 Å². The fourth-order valence-corrected chi connectivity index (χ4v) is 2.66.